The van der Waals surface area contributed by atoms with Crippen LogP contribution in [0.25, 0.3) is 0 Å². The number of nitrogens with zero attached hydrogens (tertiary/aromatic N) is 2. The minimum Gasteiger partial charge on any atom is -0.356 e. The van der Waals surface area contributed by atoms with E-state index in [4.69, 9.17) is 35.4 Å². The summed E-state index contributed by atoms with van der Waals surface area (Å²) in [5.74, 6) is 0.476. The second-order valence-corrected chi connectivity index (χ2v) is 10.5. The van der Waals surface area contributed by atoms with Gasteiger partial charge in [0.15, 0.2) is 0 Å². The van der Waals surface area contributed by atoms with Crippen molar-refractivity contribution in [1.29, 1.82) is 0 Å². The Bertz CT molecular complexity index is 1060. The van der Waals surface area contributed by atoms with Crippen molar-refractivity contribution in [1.82, 2.24) is 9.47 Å². The lowest BCUT2D eigenvalue weighted by molar-refractivity contribution is -0.115. The third-order valence-electron chi connectivity index (χ3n) is 5.59. The summed E-state index contributed by atoms with van der Waals surface area (Å²) >= 11 is 19.2. The zero-order valence-corrected chi connectivity index (χ0v) is 19.5. The number of hydrogen-bond acceptors (Lipinski definition) is 4. The number of pyridine rings is 1. The fourth-order valence-corrected chi connectivity index (χ4v) is 5.86. The predicted octanol–water partition coefficient (Wildman–Crippen LogP) is 4.62. The fraction of sp³-hybridized carbons (Fsp3) is 0.381. The van der Waals surface area contributed by atoms with Crippen LogP contribution in [0.3, 0.4) is 0 Å². The van der Waals surface area contributed by atoms with Crippen LogP contribution >= 0.6 is 47.2 Å². The van der Waals surface area contributed by atoms with E-state index in [2.05, 4.69) is 10.2 Å². The van der Waals surface area contributed by atoms with Crippen molar-refractivity contribution in [3.8, 4) is 0 Å². The van der Waals surface area contributed by atoms with Gasteiger partial charge in [-0.05, 0) is 37.5 Å². The average Bonchev–Trinajstić information content (AvgIpc) is 2.72. The zero-order chi connectivity index (χ0) is 21.4. The van der Waals surface area contributed by atoms with Gasteiger partial charge >= 0.3 is 0 Å². The first-order chi connectivity index (χ1) is 14.3. The highest BCUT2D eigenvalue weighted by Gasteiger charge is 2.36. The molecule has 2 aliphatic heterocycles. The van der Waals surface area contributed by atoms with Crippen molar-refractivity contribution in [2.75, 3.05) is 18.4 Å². The summed E-state index contributed by atoms with van der Waals surface area (Å²) in [6.45, 7) is 4.11. The van der Waals surface area contributed by atoms with Gasteiger partial charge in [-0.3, -0.25) is 9.59 Å². The second-order valence-electron chi connectivity index (χ2n) is 7.72. The van der Waals surface area contributed by atoms with Crippen molar-refractivity contribution >= 4 is 63.1 Å². The van der Waals surface area contributed by atoms with E-state index in [1.165, 1.54) is 11.8 Å². The topological polar surface area (TPSA) is 54.3 Å². The van der Waals surface area contributed by atoms with Crippen LogP contribution in [0.4, 0.5) is 5.69 Å². The molecule has 1 fully saturated rings. The molecule has 1 N–H and O–H groups in total. The van der Waals surface area contributed by atoms with Gasteiger partial charge in [0.05, 0.1) is 21.0 Å². The van der Waals surface area contributed by atoms with Crippen molar-refractivity contribution < 1.29 is 4.79 Å². The van der Waals surface area contributed by atoms with Gasteiger partial charge in [-0.2, -0.15) is 0 Å². The lowest BCUT2D eigenvalue weighted by atomic mass is 9.83. The fourth-order valence-electron chi connectivity index (χ4n) is 4.16. The van der Waals surface area contributed by atoms with Gasteiger partial charge in [0.25, 0.3) is 5.56 Å². The van der Waals surface area contributed by atoms with E-state index in [1.807, 2.05) is 23.6 Å². The van der Waals surface area contributed by atoms with Crippen LogP contribution in [0.15, 0.2) is 41.2 Å². The van der Waals surface area contributed by atoms with E-state index in [9.17, 15) is 9.59 Å². The predicted molar refractivity (Wildman–Crippen MR) is 128 cm³/mol. The SMILES string of the molecule is C[C@H](SC(=S)N1C[C@H]2C[C@@H](C1)c1cccc(=O)n1C2)C(=O)Nc1cccc(Cl)c1Cl. The molecule has 4 rings (SSSR count). The quantitative estimate of drug-likeness (QED) is 0.648. The molecule has 1 aromatic heterocycles. The van der Waals surface area contributed by atoms with Gasteiger partial charge in [0.2, 0.25) is 5.91 Å². The van der Waals surface area contributed by atoms with Crippen molar-refractivity contribution in [3.63, 3.8) is 0 Å². The molecule has 0 spiro atoms. The first-order valence-corrected chi connectivity index (χ1v) is 11.8. The Morgan fingerprint density at radius 3 is 2.77 bits per heavy atom. The molecule has 2 aromatic rings. The molecule has 9 heteroatoms. The highest BCUT2D eigenvalue weighted by atomic mass is 35.5. The van der Waals surface area contributed by atoms with E-state index >= 15 is 0 Å². The van der Waals surface area contributed by atoms with Crippen LogP contribution in [0, 0.1) is 5.92 Å². The molecule has 1 aromatic carbocycles. The van der Waals surface area contributed by atoms with Gasteiger partial charge in [-0.25, -0.2) is 0 Å². The third-order valence-corrected chi connectivity index (χ3v) is 7.99. The molecule has 3 heterocycles. The van der Waals surface area contributed by atoms with Crippen LogP contribution < -0.4 is 10.9 Å². The van der Waals surface area contributed by atoms with Gasteiger partial charge in [0.1, 0.15) is 4.32 Å². The molecule has 1 amide bonds. The van der Waals surface area contributed by atoms with E-state index < -0.39 is 0 Å². The van der Waals surface area contributed by atoms with Crippen molar-refractivity contribution in [2.24, 2.45) is 5.92 Å². The molecule has 3 atom stereocenters. The molecule has 0 saturated carbocycles. The molecule has 30 heavy (non-hydrogen) atoms. The van der Waals surface area contributed by atoms with Crippen molar-refractivity contribution in [3.05, 3.63) is 62.5 Å². The van der Waals surface area contributed by atoms with Gasteiger partial charge < -0.3 is 14.8 Å². The van der Waals surface area contributed by atoms with Crippen LogP contribution in [0.1, 0.15) is 25.0 Å². The smallest absolute Gasteiger partial charge is 0.250 e. The highest BCUT2D eigenvalue weighted by molar-refractivity contribution is 8.23. The van der Waals surface area contributed by atoms with Crippen LogP contribution in [0.5, 0.6) is 0 Å². The van der Waals surface area contributed by atoms with Gasteiger partial charge in [-0.15, -0.1) is 0 Å². The number of carbonyl (C=O) groups is 1. The summed E-state index contributed by atoms with van der Waals surface area (Å²) in [5.41, 5.74) is 1.64. The molecule has 1 saturated heterocycles. The van der Waals surface area contributed by atoms with Crippen LogP contribution in [-0.4, -0.2) is 38.0 Å². The Morgan fingerprint density at radius 1 is 1.20 bits per heavy atom. The Morgan fingerprint density at radius 2 is 1.97 bits per heavy atom. The van der Waals surface area contributed by atoms with E-state index in [0.717, 1.165) is 31.7 Å². The number of halogens is 2. The molecule has 0 aliphatic carbocycles. The van der Waals surface area contributed by atoms with Gasteiger partial charge in [0, 0.05) is 37.3 Å². The number of benzene rings is 1. The average molecular weight is 482 g/mol. The van der Waals surface area contributed by atoms with E-state index in [-0.39, 0.29) is 22.6 Å². The molecule has 158 valence electrons. The molecule has 0 radical (unpaired) electrons. The number of piperidine rings is 1. The number of thiocarbonyl (C=S) groups is 1. The van der Waals surface area contributed by atoms with E-state index in [0.29, 0.717) is 26.0 Å². The summed E-state index contributed by atoms with van der Waals surface area (Å²) < 4.78 is 2.60. The molecule has 5 nitrogen and oxygen atoms in total. The number of carbonyl (C=O) groups excluding carboxylic acids is 1. The number of hydrogen-bond donors (Lipinski definition) is 1. The Labute approximate surface area is 194 Å². The lowest BCUT2D eigenvalue weighted by Gasteiger charge is -2.43. The summed E-state index contributed by atoms with van der Waals surface area (Å²) in [6, 6.07) is 10.6. The summed E-state index contributed by atoms with van der Waals surface area (Å²) in [7, 11) is 0. The number of rotatable bonds is 3. The summed E-state index contributed by atoms with van der Waals surface area (Å²) in [5, 5.41) is 3.16. The minimum absolute atomic E-state index is 0.0672. The maximum absolute atomic E-state index is 12.6. The summed E-state index contributed by atoms with van der Waals surface area (Å²) in [6.07, 6.45) is 1.07. The third kappa shape index (κ3) is 4.40. The minimum atomic E-state index is -0.385. The zero-order valence-electron chi connectivity index (χ0n) is 16.3. The second kappa shape index (κ2) is 8.91. The number of anilines is 1. The number of likely N-dealkylation sites (tertiary alicyclic amines) is 1. The number of amides is 1. The highest BCUT2D eigenvalue weighted by Crippen LogP contribution is 2.36. The van der Waals surface area contributed by atoms with Crippen molar-refractivity contribution in [2.45, 2.75) is 31.1 Å². The first kappa shape index (κ1) is 21.7. The normalized spacial score (nSPS) is 21.0. The number of thioether (sulfide) groups is 1. The van der Waals surface area contributed by atoms with Gasteiger partial charge in [-0.1, -0.05) is 59.3 Å². The van der Waals surface area contributed by atoms with E-state index in [1.54, 1.807) is 24.3 Å². The Kier molecular flexibility index (Phi) is 6.44. The first-order valence-electron chi connectivity index (χ1n) is 9.73. The lowest BCUT2D eigenvalue weighted by Crippen LogP contribution is -2.48. The molecular formula is C21H21Cl2N3O2S2. The molecule has 2 bridgehead atoms. The standard InChI is InChI=1S/C21H21Cl2N3O2S2/c1-12(20(28)24-16-5-2-4-15(22)19(16)23)30-21(29)25-9-13-8-14(11-25)17-6-3-7-18(27)26(17)10-13/h2-7,12-14H,8-11H2,1H3,(H,24,28)/t12-,13+,14-/m0/s1. The Balaban J connectivity index is 1.40. The Hall–Kier alpha value is -1.54. The number of nitrogens with one attached hydrogen (secondary N) is 1. The van der Waals surface area contributed by atoms with Crippen LogP contribution in [0.2, 0.25) is 10.0 Å². The maximum Gasteiger partial charge on any atom is 0.250 e. The molecule has 2 aliphatic rings. The summed E-state index contributed by atoms with van der Waals surface area (Å²) in [4.78, 5) is 27.0. The molecule has 0 unspecified atom stereocenters. The molecular weight excluding hydrogens is 461 g/mol. The maximum atomic E-state index is 12.6. The largest absolute Gasteiger partial charge is 0.356 e. The van der Waals surface area contributed by atoms with Crippen LogP contribution in [-0.2, 0) is 11.3 Å². The monoisotopic (exact) mass is 481 g/mol. The number of aromatic nitrogens is 1. The number of fused-ring (bicyclic) bond motifs is 4.